The zero-order valence-electron chi connectivity index (χ0n) is 17.9. The van der Waals surface area contributed by atoms with E-state index in [1.54, 1.807) is 42.3 Å². The third-order valence-corrected chi connectivity index (χ3v) is 5.25. The van der Waals surface area contributed by atoms with Crippen molar-refractivity contribution in [3.63, 3.8) is 0 Å². The lowest BCUT2D eigenvalue weighted by Gasteiger charge is -2.24. The summed E-state index contributed by atoms with van der Waals surface area (Å²) >= 11 is 0. The Kier molecular flexibility index (Phi) is 6.46. The molecule has 1 aliphatic rings. The minimum Gasteiger partial charge on any atom is -0.372 e. The number of H-pyrrole nitrogens is 1. The van der Waals surface area contributed by atoms with E-state index in [2.05, 4.69) is 26.5 Å². The minimum absolute atomic E-state index is 0.0512. The molecule has 0 unspecified atom stereocenters. The molecule has 2 amide bonds. The van der Waals surface area contributed by atoms with Gasteiger partial charge in [0.25, 0.3) is 5.91 Å². The summed E-state index contributed by atoms with van der Waals surface area (Å²) in [7, 11) is 1.80. The van der Waals surface area contributed by atoms with Gasteiger partial charge in [-0.2, -0.15) is 5.10 Å². The van der Waals surface area contributed by atoms with E-state index in [1.807, 2.05) is 42.6 Å². The number of nitrogens with zero attached hydrogens (tertiary/aromatic N) is 3. The van der Waals surface area contributed by atoms with Crippen molar-refractivity contribution in [2.75, 3.05) is 32.0 Å². The second-order valence-corrected chi connectivity index (χ2v) is 7.55. The maximum absolute atomic E-state index is 12.7. The zero-order chi connectivity index (χ0) is 22.3. The van der Waals surface area contributed by atoms with Crippen LogP contribution in [0, 0.1) is 0 Å². The molecule has 0 atom stereocenters. The molecule has 0 saturated carbocycles. The molecule has 0 saturated heterocycles. The molecule has 0 aliphatic carbocycles. The van der Waals surface area contributed by atoms with Gasteiger partial charge in [-0.1, -0.05) is 30.4 Å². The molecule has 4 rings (SSSR count). The van der Waals surface area contributed by atoms with Crippen molar-refractivity contribution in [3.8, 4) is 0 Å². The SMILES string of the molecule is CN(CCN1C=CC=CC1)C(=O)c1ccc(NC(=O)C=Cc2n[nH]c3ccccc23)cc1. The van der Waals surface area contributed by atoms with Gasteiger partial charge >= 0.3 is 0 Å². The molecule has 3 aromatic rings. The summed E-state index contributed by atoms with van der Waals surface area (Å²) in [6.07, 6.45) is 11.2. The highest BCUT2D eigenvalue weighted by Gasteiger charge is 2.13. The van der Waals surface area contributed by atoms with Crippen LogP contribution in [0.5, 0.6) is 0 Å². The largest absolute Gasteiger partial charge is 0.372 e. The Bertz CT molecular complexity index is 1190. The van der Waals surface area contributed by atoms with Crippen molar-refractivity contribution in [1.82, 2.24) is 20.0 Å². The Balaban J connectivity index is 1.30. The predicted octanol–water partition coefficient (Wildman–Crippen LogP) is 3.67. The van der Waals surface area contributed by atoms with Gasteiger partial charge in [-0.15, -0.1) is 0 Å². The highest BCUT2D eigenvalue weighted by Crippen LogP contribution is 2.16. The molecule has 1 aliphatic heterocycles. The lowest BCUT2D eigenvalue weighted by molar-refractivity contribution is -0.111. The van der Waals surface area contributed by atoms with Crippen LogP contribution in [0.25, 0.3) is 17.0 Å². The van der Waals surface area contributed by atoms with Crippen molar-refractivity contribution in [2.24, 2.45) is 0 Å². The summed E-state index contributed by atoms with van der Waals surface area (Å²) < 4.78 is 0. The fraction of sp³-hybridized carbons (Fsp3) is 0.160. The average molecular weight is 428 g/mol. The maximum atomic E-state index is 12.7. The number of carbonyl (C=O) groups is 2. The lowest BCUT2D eigenvalue weighted by Crippen LogP contribution is -2.34. The van der Waals surface area contributed by atoms with Crippen LogP contribution < -0.4 is 5.32 Å². The summed E-state index contributed by atoms with van der Waals surface area (Å²) in [6.45, 7) is 2.26. The van der Waals surface area contributed by atoms with Gasteiger partial charge in [0.2, 0.25) is 5.91 Å². The van der Waals surface area contributed by atoms with Gasteiger partial charge in [0.05, 0.1) is 11.2 Å². The van der Waals surface area contributed by atoms with Crippen molar-refractivity contribution in [2.45, 2.75) is 0 Å². The number of nitrogens with one attached hydrogen (secondary N) is 2. The highest BCUT2D eigenvalue weighted by molar-refractivity contribution is 6.03. The first-order valence-corrected chi connectivity index (χ1v) is 10.5. The molecular formula is C25H25N5O2. The quantitative estimate of drug-likeness (QED) is 0.564. The highest BCUT2D eigenvalue weighted by atomic mass is 16.2. The van der Waals surface area contributed by atoms with Crippen molar-refractivity contribution < 1.29 is 9.59 Å². The second-order valence-electron chi connectivity index (χ2n) is 7.55. The fourth-order valence-electron chi connectivity index (χ4n) is 3.42. The number of rotatable bonds is 7. The van der Waals surface area contributed by atoms with Gasteiger partial charge in [-0.25, -0.2) is 0 Å². The molecule has 2 heterocycles. The first kappa shape index (κ1) is 21.1. The molecule has 0 bridgehead atoms. The zero-order valence-corrected chi connectivity index (χ0v) is 17.9. The molecule has 0 radical (unpaired) electrons. The number of likely N-dealkylation sites (N-methyl/N-ethyl adjacent to an activating group) is 1. The molecule has 7 heteroatoms. The number of benzene rings is 2. The van der Waals surface area contributed by atoms with Crippen LogP contribution in [0.3, 0.4) is 0 Å². The average Bonchev–Trinajstić information content (AvgIpc) is 3.25. The molecule has 2 N–H and O–H groups in total. The van der Waals surface area contributed by atoms with E-state index in [-0.39, 0.29) is 11.8 Å². The number of allylic oxidation sites excluding steroid dienone is 2. The Hall–Kier alpha value is -4.13. The van der Waals surface area contributed by atoms with E-state index in [4.69, 9.17) is 0 Å². The summed E-state index contributed by atoms with van der Waals surface area (Å²) in [5.74, 6) is -0.318. The van der Waals surface area contributed by atoms with Crippen molar-refractivity contribution in [3.05, 3.63) is 90.3 Å². The molecule has 1 aromatic heterocycles. The van der Waals surface area contributed by atoms with Crippen LogP contribution in [-0.2, 0) is 4.79 Å². The van der Waals surface area contributed by atoms with Crippen LogP contribution in [-0.4, -0.2) is 58.5 Å². The van der Waals surface area contributed by atoms with E-state index in [1.165, 1.54) is 6.08 Å². The minimum atomic E-state index is -0.267. The van der Waals surface area contributed by atoms with Crippen LogP contribution >= 0.6 is 0 Å². The van der Waals surface area contributed by atoms with Crippen LogP contribution in [0.1, 0.15) is 16.1 Å². The predicted molar refractivity (Wildman–Crippen MR) is 127 cm³/mol. The monoisotopic (exact) mass is 427 g/mol. The Labute approximate surface area is 186 Å². The number of aromatic amines is 1. The number of hydrogen-bond acceptors (Lipinski definition) is 4. The second kappa shape index (κ2) is 9.78. The molecule has 32 heavy (non-hydrogen) atoms. The molecule has 162 valence electrons. The summed E-state index contributed by atoms with van der Waals surface area (Å²) in [6, 6.07) is 14.6. The number of hydrogen-bond donors (Lipinski definition) is 2. The van der Waals surface area contributed by atoms with E-state index in [0.717, 1.165) is 24.0 Å². The number of para-hydroxylation sites is 1. The third kappa shape index (κ3) is 5.13. The Morgan fingerprint density at radius 1 is 1.16 bits per heavy atom. The molecule has 0 fully saturated rings. The standard InChI is InChI=1S/C25H25N5O2/c1-29(17-18-30-15-5-2-6-16-30)25(32)19-9-11-20(12-10-19)26-24(31)14-13-23-21-7-3-4-8-22(21)27-28-23/h2-15H,16-18H2,1H3,(H,26,31)(H,27,28). The van der Waals surface area contributed by atoms with Crippen LogP contribution in [0.4, 0.5) is 5.69 Å². The lowest BCUT2D eigenvalue weighted by atomic mass is 10.1. The first-order chi connectivity index (χ1) is 15.6. The number of aromatic nitrogens is 2. The van der Waals surface area contributed by atoms with Crippen molar-refractivity contribution >= 4 is 34.5 Å². The Morgan fingerprint density at radius 3 is 2.75 bits per heavy atom. The van der Waals surface area contributed by atoms with Gasteiger partial charge < -0.3 is 15.1 Å². The van der Waals surface area contributed by atoms with Gasteiger partial charge in [0.1, 0.15) is 0 Å². The van der Waals surface area contributed by atoms with Gasteiger partial charge in [0, 0.05) is 49.4 Å². The summed E-state index contributed by atoms with van der Waals surface area (Å²) in [5.41, 5.74) is 2.83. The van der Waals surface area contributed by atoms with Gasteiger partial charge in [-0.3, -0.25) is 14.7 Å². The van der Waals surface area contributed by atoms with E-state index in [0.29, 0.717) is 23.5 Å². The normalized spacial score (nSPS) is 13.1. The topological polar surface area (TPSA) is 81.3 Å². The van der Waals surface area contributed by atoms with E-state index < -0.39 is 0 Å². The summed E-state index contributed by atoms with van der Waals surface area (Å²) in [4.78, 5) is 28.8. The van der Waals surface area contributed by atoms with E-state index in [9.17, 15) is 9.59 Å². The maximum Gasteiger partial charge on any atom is 0.253 e. The fourth-order valence-corrected chi connectivity index (χ4v) is 3.42. The van der Waals surface area contributed by atoms with E-state index >= 15 is 0 Å². The number of anilines is 1. The number of amides is 2. The smallest absolute Gasteiger partial charge is 0.253 e. The number of fused-ring (bicyclic) bond motifs is 1. The molecule has 0 spiro atoms. The van der Waals surface area contributed by atoms with Crippen molar-refractivity contribution in [1.29, 1.82) is 0 Å². The number of carbonyl (C=O) groups excluding carboxylic acids is 2. The summed E-state index contributed by atoms with van der Waals surface area (Å²) in [5, 5.41) is 10.9. The molecular weight excluding hydrogens is 402 g/mol. The molecule has 2 aromatic carbocycles. The first-order valence-electron chi connectivity index (χ1n) is 10.5. The van der Waals surface area contributed by atoms with Gasteiger partial charge in [-0.05, 0) is 48.7 Å². The van der Waals surface area contributed by atoms with Gasteiger partial charge in [0.15, 0.2) is 0 Å². The third-order valence-electron chi connectivity index (χ3n) is 5.25. The van der Waals surface area contributed by atoms with Crippen LogP contribution in [0.2, 0.25) is 0 Å². The molecule has 7 nitrogen and oxygen atoms in total. The Morgan fingerprint density at radius 2 is 1.97 bits per heavy atom. The van der Waals surface area contributed by atoms with Crippen LogP contribution in [0.15, 0.2) is 79.0 Å².